The van der Waals surface area contributed by atoms with E-state index in [1.54, 1.807) is 19.6 Å². The van der Waals surface area contributed by atoms with Crippen molar-refractivity contribution in [2.45, 2.75) is 19.3 Å². The molecule has 3 aromatic rings. The molecule has 0 aliphatic rings. The lowest BCUT2D eigenvalue weighted by Gasteiger charge is -2.16. The van der Waals surface area contributed by atoms with E-state index in [2.05, 4.69) is 43.9 Å². The van der Waals surface area contributed by atoms with Crippen molar-refractivity contribution in [1.82, 2.24) is 20.3 Å². The van der Waals surface area contributed by atoms with Crippen LogP contribution in [0.4, 0.5) is 11.6 Å². The number of nitrogens with zero attached hydrogens (tertiary/aromatic N) is 3. The molecule has 0 aliphatic heterocycles. The Labute approximate surface area is 178 Å². The molecule has 2 heterocycles. The van der Waals surface area contributed by atoms with Gasteiger partial charge in [0.1, 0.15) is 23.7 Å². The average Bonchev–Trinajstić information content (AvgIpc) is 2.80. The second-order valence-electron chi connectivity index (χ2n) is 7.13. The van der Waals surface area contributed by atoms with Crippen LogP contribution in [0.25, 0.3) is 11.3 Å². The van der Waals surface area contributed by atoms with Crippen LogP contribution in [0.15, 0.2) is 55.0 Å². The number of para-hydroxylation sites is 1. The van der Waals surface area contributed by atoms with E-state index in [9.17, 15) is 0 Å². The van der Waals surface area contributed by atoms with Crippen LogP contribution >= 0.6 is 0 Å². The largest absolute Gasteiger partial charge is 0.496 e. The van der Waals surface area contributed by atoms with Crippen LogP contribution in [0.5, 0.6) is 5.75 Å². The van der Waals surface area contributed by atoms with Crippen LogP contribution in [0, 0.1) is 0 Å². The number of hydrogen-bond donors (Lipinski definition) is 3. The van der Waals surface area contributed by atoms with Gasteiger partial charge in [0.15, 0.2) is 0 Å². The van der Waals surface area contributed by atoms with Gasteiger partial charge in [-0.15, -0.1) is 0 Å². The highest BCUT2D eigenvalue weighted by Crippen LogP contribution is 2.27. The van der Waals surface area contributed by atoms with Gasteiger partial charge in [0, 0.05) is 36.8 Å². The van der Waals surface area contributed by atoms with Crippen molar-refractivity contribution >= 4 is 11.6 Å². The third kappa shape index (κ3) is 5.90. The van der Waals surface area contributed by atoms with Gasteiger partial charge in [-0.25, -0.2) is 15.0 Å². The van der Waals surface area contributed by atoms with Gasteiger partial charge in [-0.2, -0.15) is 0 Å². The molecule has 0 radical (unpaired) electrons. The maximum atomic E-state index is 5.48. The van der Waals surface area contributed by atoms with Gasteiger partial charge < -0.3 is 20.7 Å². The van der Waals surface area contributed by atoms with Crippen molar-refractivity contribution in [1.29, 1.82) is 0 Å². The molecule has 0 fully saturated rings. The lowest BCUT2D eigenvalue weighted by Crippen LogP contribution is -2.13. The maximum absolute atomic E-state index is 5.48. The van der Waals surface area contributed by atoms with Crippen molar-refractivity contribution in [3.05, 3.63) is 60.6 Å². The molecule has 0 saturated carbocycles. The second-order valence-corrected chi connectivity index (χ2v) is 7.13. The van der Waals surface area contributed by atoms with Crippen molar-refractivity contribution in [2.75, 3.05) is 44.4 Å². The number of aromatic nitrogens is 3. The SMILES string of the molecule is CNCCCNc1cc(-c2cc(NCC(C)c3ccccc3OC)ncn2)ccn1. The van der Waals surface area contributed by atoms with Gasteiger partial charge in [0.25, 0.3) is 0 Å². The van der Waals surface area contributed by atoms with Gasteiger partial charge in [0.05, 0.1) is 12.8 Å². The number of benzene rings is 1. The Morgan fingerprint density at radius 3 is 2.63 bits per heavy atom. The first-order valence-electron chi connectivity index (χ1n) is 10.2. The summed E-state index contributed by atoms with van der Waals surface area (Å²) in [4.78, 5) is 13.2. The lowest BCUT2D eigenvalue weighted by atomic mass is 10.00. The first-order chi connectivity index (χ1) is 14.7. The molecular weight excluding hydrogens is 376 g/mol. The van der Waals surface area contributed by atoms with E-state index in [1.165, 1.54) is 5.56 Å². The second kappa shape index (κ2) is 11.1. The molecule has 30 heavy (non-hydrogen) atoms. The van der Waals surface area contributed by atoms with Crippen molar-refractivity contribution < 1.29 is 4.74 Å². The first kappa shape index (κ1) is 21.5. The fraction of sp³-hybridized carbons (Fsp3) is 0.348. The Morgan fingerprint density at radius 2 is 1.80 bits per heavy atom. The smallest absolute Gasteiger partial charge is 0.129 e. The highest BCUT2D eigenvalue weighted by molar-refractivity contribution is 5.65. The predicted molar refractivity (Wildman–Crippen MR) is 122 cm³/mol. The Balaban J connectivity index is 1.65. The first-order valence-corrected chi connectivity index (χ1v) is 10.2. The van der Waals surface area contributed by atoms with E-state index in [4.69, 9.17) is 4.74 Å². The minimum absolute atomic E-state index is 0.272. The van der Waals surface area contributed by atoms with Crippen LogP contribution in [0.1, 0.15) is 24.8 Å². The summed E-state index contributed by atoms with van der Waals surface area (Å²) in [6, 6.07) is 14.0. The zero-order valence-corrected chi connectivity index (χ0v) is 17.9. The molecule has 0 aliphatic carbocycles. The van der Waals surface area contributed by atoms with E-state index >= 15 is 0 Å². The quantitative estimate of drug-likeness (QED) is 0.418. The molecule has 1 aromatic carbocycles. The Morgan fingerprint density at radius 1 is 0.967 bits per heavy atom. The number of anilines is 2. The summed E-state index contributed by atoms with van der Waals surface area (Å²) in [6.07, 6.45) is 4.43. The van der Waals surface area contributed by atoms with Crippen LogP contribution in [0.2, 0.25) is 0 Å². The molecule has 0 bridgehead atoms. The number of methoxy groups -OCH3 is 1. The number of pyridine rings is 1. The Kier molecular flexibility index (Phi) is 7.97. The molecule has 1 unspecified atom stereocenters. The standard InChI is InChI=1S/C23H30N6O/c1-17(19-7-4-5-8-21(19)30-3)15-27-23-14-20(28-16-29-23)18-9-12-26-22(13-18)25-11-6-10-24-2/h4-5,7-9,12-14,16-17,24H,6,10-11,15H2,1-3H3,(H,25,26)(H,27,28,29). The summed E-state index contributed by atoms with van der Waals surface area (Å²) in [7, 11) is 3.66. The summed E-state index contributed by atoms with van der Waals surface area (Å²) in [5, 5.41) is 9.92. The number of nitrogens with one attached hydrogen (secondary N) is 3. The van der Waals surface area contributed by atoms with Crippen LogP contribution in [-0.2, 0) is 0 Å². The van der Waals surface area contributed by atoms with E-state index in [0.717, 1.165) is 54.7 Å². The van der Waals surface area contributed by atoms with Crippen LogP contribution < -0.4 is 20.7 Å². The van der Waals surface area contributed by atoms with Gasteiger partial charge in [-0.05, 0) is 43.8 Å². The fourth-order valence-electron chi connectivity index (χ4n) is 3.22. The third-order valence-electron chi connectivity index (χ3n) is 4.89. The summed E-state index contributed by atoms with van der Waals surface area (Å²) in [6.45, 7) is 4.75. The molecule has 3 N–H and O–H groups in total. The van der Waals surface area contributed by atoms with E-state index in [0.29, 0.717) is 0 Å². The van der Waals surface area contributed by atoms with E-state index in [1.807, 2.05) is 43.4 Å². The third-order valence-corrected chi connectivity index (χ3v) is 4.89. The maximum Gasteiger partial charge on any atom is 0.129 e. The topological polar surface area (TPSA) is 84.0 Å². The summed E-state index contributed by atoms with van der Waals surface area (Å²) in [5.41, 5.74) is 3.03. The number of ether oxygens (including phenoxy) is 1. The van der Waals surface area contributed by atoms with Crippen molar-refractivity contribution in [3.63, 3.8) is 0 Å². The van der Waals surface area contributed by atoms with Gasteiger partial charge >= 0.3 is 0 Å². The van der Waals surface area contributed by atoms with Crippen molar-refractivity contribution in [3.8, 4) is 17.0 Å². The van der Waals surface area contributed by atoms with Crippen LogP contribution in [0.3, 0.4) is 0 Å². The molecule has 7 nitrogen and oxygen atoms in total. The summed E-state index contributed by atoms with van der Waals surface area (Å²) < 4.78 is 5.48. The van der Waals surface area contributed by atoms with E-state index in [-0.39, 0.29) is 5.92 Å². The molecule has 7 heteroatoms. The molecule has 2 aromatic heterocycles. The zero-order valence-electron chi connectivity index (χ0n) is 17.9. The molecule has 3 rings (SSSR count). The fourth-order valence-corrected chi connectivity index (χ4v) is 3.22. The number of hydrogen-bond acceptors (Lipinski definition) is 7. The predicted octanol–water partition coefficient (Wildman–Crippen LogP) is 3.78. The van der Waals surface area contributed by atoms with Crippen LogP contribution in [-0.4, -0.2) is 48.7 Å². The molecule has 1 atom stereocenters. The number of rotatable bonds is 11. The molecule has 0 saturated heterocycles. The molecule has 158 valence electrons. The van der Waals surface area contributed by atoms with Gasteiger partial charge in [0.2, 0.25) is 0 Å². The summed E-state index contributed by atoms with van der Waals surface area (Å²) in [5.74, 6) is 2.82. The minimum atomic E-state index is 0.272. The Bertz CT molecular complexity index is 933. The molecular formula is C23H30N6O. The van der Waals surface area contributed by atoms with Crippen molar-refractivity contribution in [2.24, 2.45) is 0 Å². The molecule has 0 spiro atoms. The van der Waals surface area contributed by atoms with Gasteiger partial charge in [-0.1, -0.05) is 25.1 Å². The highest BCUT2D eigenvalue weighted by Gasteiger charge is 2.11. The highest BCUT2D eigenvalue weighted by atomic mass is 16.5. The Hall–Kier alpha value is -3.19. The summed E-state index contributed by atoms with van der Waals surface area (Å²) >= 11 is 0. The molecule has 0 amide bonds. The normalized spacial score (nSPS) is 11.7. The van der Waals surface area contributed by atoms with Gasteiger partial charge in [-0.3, -0.25) is 0 Å². The van der Waals surface area contributed by atoms with E-state index < -0.39 is 0 Å². The lowest BCUT2D eigenvalue weighted by molar-refractivity contribution is 0.407. The average molecular weight is 407 g/mol. The monoisotopic (exact) mass is 406 g/mol. The zero-order chi connectivity index (χ0) is 21.2. The minimum Gasteiger partial charge on any atom is -0.496 e.